The van der Waals surface area contributed by atoms with Crippen molar-refractivity contribution in [2.45, 2.75) is 46.3 Å². The second kappa shape index (κ2) is 9.14. The highest BCUT2D eigenvalue weighted by Crippen LogP contribution is 2.19. The number of hydrogen-bond donors (Lipinski definition) is 1. The molecule has 2 aromatic rings. The molecule has 28 heavy (non-hydrogen) atoms. The standard InChI is InChI=1S/C20H28FN5O2/c1-4-14(2)20(27)22-12-19-24-23-18-7-8-25(9-10-26(18)19)13-15-11-16(28-3)5-6-17(15)21/h5-6,11,14H,4,7-10,12-13H2,1-3H3,(H,22,27). The first-order valence-corrected chi connectivity index (χ1v) is 9.75. The molecule has 7 nitrogen and oxygen atoms in total. The van der Waals surface area contributed by atoms with E-state index in [1.807, 2.05) is 13.8 Å². The molecular formula is C20H28FN5O2. The molecule has 1 aromatic carbocycles. The summed E-state index contributed by atoms with van der Waals surface area (Å²) < 4.78 is 21.4. The average Bonchev–Trinajstić information content (AvgIpc) is 2.99. The van der Waals surface area contributed by atoms with Crippen molar-refractivity contribution >= 4 is 5.91 Å². The summed E-state index contributed by atoms with van der Waals surface area (Å²) in [4.78, 5) is 14.2. The molecule has 1 unspecified atom stereocenters. The van der Waals surface area contributed by atoms with Gasteiger partial charge in [0.1, 0.15) is 17.4 Å². The molecule has 0 saturated carbocycles. The number of halogens is 1. The number of carbonyl (C=O) groups is 1. The van der Waals surface area contributed by atoms with Crippen molar-refractivity contribution in [2.24, 2.45) is 5.92 Å². The molecule has 2 heterocycles. The van der Waals surface area contributed by atoms with Crippen molar-refractivity contribution in [2.75, 3.05) is 20.2 Å². The number of nitrogens with one attached hydrogen (secondary N) is 1. The number of aromatic nitrogens is 3. The molecule has 0 radical (unpaired) electrons. The highest BCUT2D eigenvalue weighted by Gasteiger charge is 2.20. The van der Waals surface area contributed by atoms with Gasteiger partial charge >= 0.3 is 0 Å². The summed E-state index contributed by atoms with van der Waals surface area (Å²) in [5, 5.41) is 11.5. The quantitative estimate of drug-likeness (QED) is 0.786. The Morgan fingerprint density at radius 3 is 2.89 bits per heavy atom. The maximum atomic E-state index is 14.2. The normalized spacial score (nSPS) is 15.6. The largest absolute Gasteiger partial charge is 0.497 e. The first-order valence-electron chi connectivity index (χ1n) is 9.75. The highest BCUT2D eigenvalue weighted by molar-refractivity contribution is 5.78. The first kappa shape index (κ1) is 20.3. The fourth-order valence-electron chi connectivity index (χ4n) is 3.28. The van der Waals surface area contributed by atoms with Gasteiger partial charge in [-0.25, -0.2) is 4.39 Å². The molecule has 0 fully saturated rings. The molecule has 0 saturated heterocycles. The molecule has 0 aliphatic carbocycles. The number of fused-ring (bicyclic) bond motifs is 1. The fourth-order valence-corrected chi connectivity index (χ4v) is 3.28. The van der Waals surface area contributed by atoms with E-state index in [-0.39, 0.29) is 17.6 Å². The molecule has 0 bridgehead atoms. The number of nitrogens with zero attached hydrogens (tertiary/aromatic N) is 4. The Labute approximate surface area is 164 Å². The van der Waals surface area contributed by atoms with Gasteiger partial charge in [0.2, 0.25) is 5.91 Å². The van der Waals surface area contributed by atoms with Gasteiger partial charge in [0.15, 0.2) is 5.82 Å². The summed E-state index contributed by atoms with van der Waals surface area (Å²) in [6.07, 6.45) is 1.54. The van der Waals surface area contributed by atoms with Crippen LogP contribution in [0.15, 0.2) is 18.2 Å². The lowest BCUT2D eigenvalue weighted by molar-refractivity contribution is -0.124. The molecule has 1 atom stereocenters. The Morgan fingerprint density at radius 1 is 1.32 bits per heavy atom. The molecule has 1 aromatic heterocycles. The molecular weight excluding hydrogens is 361 g/mol. The molecule has 0 spiro atoms. The van der Waals surface area contributed by atoms with Crippen LogP contribution in [0.3, 0.4) is 0 Å². The first-order chi connectivity index (χ1) is 13.5. The van der Waals surface area contributed by atoms with E-state index in [0.29, 0.717) is 30.9 Å². The van der Waals surface area contributed by atoms with Crippen molar-refractivity contribution in [3.63, 3.8) is 0 Å². The summed E-state index contributed by atoms with van der Waals surface area (Å²) in [6, 6.07) is 4.82. The van der Waals surface area contributed by atoms with Crippen LogP contribution in [0.1, 0.15) is 37.5 Å². The topological polar surface area (TPSA) is 72.3 Å². The van der Waals surface area contributed by atoms with Crippen LogP contribution in [0, 0.1) is 11.7 Å². The summed E-state index contributed by atoms with van der Waals surface area (Å²) in [7, 11) is 1.58. The number of carbonyl (C=O) groups excluding carboxylic acids is 1. The van der Waals surface area contributed by atoms with E-state index in [1.54, 1.807) is 19.2 Å². The third-order valence-electron chi connectivity index (χ3n) is 5.32. The van der Waals surface area contributed by atoms with Gasteiger partial charge in [0.05, 0.1) is 13.7 Å². The number of hydrogen-bond acceptors (Lipinski definition) is 5. The zero-order valence-corrected chi connectivity index (χ0v) is 16.7. The zero-order chi connectivity index (χ0) is 20.1. The molecule has 8 heteroatoms. The van der Waals surface area contributed by atoms with E-state index < -0.39 is 0 Å². The van der Waals surface area contributed by atoms with E-state index in [2.05, 4.69) is 25.0 Å². The van der Waals surface area contributed by atoms with Crippen molar-refractivity contribution in [3.8, 4) is 5.75 Å². The smallest absolute Gasteiger partial charge is 0.223 e. The lowest BCUT2D eigenvalue weighted by atomic mass is 10.1. The van der Waals surface area contributed by atoms with Gasteiger partial charge in [0, 0.05) is 44.1 Å². The Bertz CT molecular complexity index is 823. The summed E-state index contributed by atoms with van der Waals surface area (Å²) >= 11 is 0. The maximum absolute atomic E-state index is 14.2. The Morgan fingerprint density at radius 2 is 2.14 bits per heavy atom. The Balaban J connectivity index is 1.62. The van der Waals surface area contributed by atoms with Gasteiger partial charge in [-0.15, -0.1) is 10.2 Å². The third-order valence-corrected chi connectivity index (χ3v) is 5.32. The molecule has 1 amide bonds. The van der Waals surface area contributed by atoms with E-state index >= 15 is 0 Å². The minimum absolute atomic E-state index is 0.0141. The van der Waals surface area contributed by atoms with E-state index in [0.717, 1.165) is 37.6 Å². The van der Waals surface area contributed by atoms with Crippen LogP contribution < -0.4 is 10.1 Å². The summed E-state index contributed by atoms with van der Waals surface area (Å²) in [5.41, 5.74) is 0.623. The second-order valence-corrected chi connectivity index (χ2v) is 7.19. The number of amides is 1. The van der Waals surface area contributed by atoms with Crippen LogP contribution in [-0.2, 0) is 30.8 Å². The van der Waals surface area contributed by atoms with Crippen LogP contribution in [-0.4, -0.2) is 45.8 Å². The Hall–Kier alpha value is -2.48. The molecule has 3 rings (SSSR count). The van der Waals surface area contributed by atoms with E-state index in [1.165, 1.54) is 6.07 Å². The minimum Gasteiger partial charge on any atom is -0.497 e. The molecule has 1 N–H and O–H groups in total. The third kappa shape index (κ3) is 4.67. The lowest BCUT2D eigenvalue weighted by Gasteiger charge is -2.20. The van der Waals surface area contributed by atoms with E-state index in [9.17, 15) is 9.18 Å². The zero-order valence-electron chi connectivity index (χ0n) is 16.7. The number of rotatable bonds is 7. The number of methoxy groups -OCH3 is 1. The Kier molecular flexibility index (Phi) is 6.61. The van der Waals surface area contributed by atoms with Gasteiger partial charge in [0.25, 0.3) is 0 Å². The molecule has 152 valence electrons. The van der Waals surface area contributed by atoms with Crippen LogP contribution in [0.2, 0.25) is 0 Å². The van der Waals surface area contributed by atoms with Gasteiger partial charge in [-0.05, 0) is 24.6 Å². The van der Waals surface area contributed by atoms with Crippen molar-refractivity contribution in [1.29, 1.82) is 0 Å². The van der Waals surface area contributed by atoms with Crippen LogP contribution >= 0.6 is 0 Å². The number of ether oxygens (including phenoxy) is 1. The van der Waals surface area contributed by atoms with Gasteiger partial charge < -0.3 is 14.6 Å². The average molecular weight is 389 g/mol. The van der Waals surface area contributed by atoms with Gasteiger partial charge in [-0.1, -0.05) is 13.8 Å². The van der Waals surface area contributed by atoms with E-state index in [4.69, 9.17) is 4.74 Å². The van der Waals surface area contributed by atoms with Gasteiger partial charge in [-0.3, -0.25) is 9.69 Å². The molecule has 1 aliphatic rings. The van der Waals surface area contributed by atoms with Gasteiger partial charge in [-0.2, -0.15) is 0 Å². The van der Waals surface area contributed by atoms with Crippen molar-refractivity contribution < 1.29 is 13.9 Å². The minimum atomic E-state index is -0.224. The molecule has 1 aliphatic heterocycles. The fraction of sp³-hybridized carbons (Fsp3) is 0.550. The number of benzene rings is 1. The highest BCUT2D eigenvalue weighted by atomic mass is 19.1. The van der Waals surface area contributed by atoms with Crippen LogP contribution in [0.5, 0.6) is 5.75 Å². The monoisotopic (exact) mass is 389 g/mol. The summed E-state index contributed by atoms with van der Waals surface area (Å²) in [5.74, 6) is 2.12. The van der Waals surface area contributed by atoms with Crippen LogP contribution in [0.25, 0.3) is 0 Å². The SMILES string of the molecule is CCC(C)C(=O)NCc1nnc2n1CCN(Cc1cc(OC)ccc1F)CC2. The lowest BCUT2D eigenvalue weighted by Crippen LogP contribution is -2.30. The predicted octanol–water partition coefficient (Wildman–Crippen LogP) is 2.15. The van der Waals surface area contributed by atoms with Crippen molar-refractivity contribution in [1.82, 2.24) is 25.0 Å². The predicted molar refractivity (Wildman–Crippen MR) is 103 cm³/mol. The second-order valence-electron chi connectivity index (χ2n) is 7.19. The maximum Gasteiger partial charge on any atom is 0.223 e. The van der Waals surface area contributed by atoms with Crippen LogP contribution in [0.4, 0.5) is 4.39 Å². The summed E-state index contributed by atoms with van der Waals surface area (Å²) in [6.45, 7) is 7.04. The van der Waals surface area contributed by atoms with Crippen molar-refractivity contribution in [3.05, 3.63) is 41.2 Å².